The van der Waals surface area contributed by atoms with Crippen molar-refractivity contribution in [1.82, 2.24) is 0 Å². The molecular weight excluding hydrogens is 452 g/mol. The van der Waals surface area contributed by atoms with Gasteiger partial charge in [0, 0.05) is 25.0 Å². The minimum Gasteiger partial charge on any atom is -0.428 e. The van der Waals surface area contributed by atoms with Gasteiger partial charge in [0.2, 0.25) is 5.79 Å². The van der Waals surface area contributed by atoms with E-state index in [0.29, 0.717) is 18.4 Å². The van der Waals surface area contributed by atoms with Crippen molar-refractivity contribution in [1.29, 1.82) is 0 Å². The lowest BCUT2D eigenvalue weighted by Crippen LogP contribution is -2.54. The van der Waals surface area contributed by atoms with Gasteiger partial charge < -0.3 is 19.3 Å². The van der Waals surface area contributed by atoms with Gasteiger partial charge in [0.1, 0.15) is 6.10 Å². The van der Waals surface area contributed by atoms with E-state index >= 15 is 0 Å². The smallest absolute Gasteiger partial charge is 0.343 e. The predicted octanol–water partition coefficient (Wildman–Crippen LogP) is 3.56. The fourth-order valence-corrected chi connectivity index (χ4v) is 6.48. The van der Waals surface area contributed by atoms with Crippen LogP contribution in [-0.2, 0) is 33.4 Å². The Morgan fingerprint density at radius 3 is 2.51 bits per heavy atom. The molecule has 0 aromatic rings. The summed E-state index contributed by atoms with van der Waals surface area (Å²) in [6.45, 7) is 5.75. The summed E-state index contributed by atoms with van der Waals surface area (Å²) in [5.41, 5.74) is -0.450. The summed E-state index contributed by atoms with van der Waals surface area (Å²) in [7, 11) is 1.42. The Kier molecular flexibility index (Phi) is 7.08. The van der Waals surface area contributed by atoms with Crippen LogP contribution in [0.5, 0.6) is 0 Å². The van der Waals surface area contributed by atoms with Crippen LogP contribution >= 0.6 is 0 Å². The minimum absolute atomic E-state index is 0.0473. The number of Topliss-reactive ketones (excluding diaryl/α,β-unsaturated/α-hetero) is 1. The number of aliphatic hydroxyl groups excluding tert-OH is 1. The molecule has 2 aliphatic carbocycles. The molecule has 0 aromatic heterocycles. The van der Waals surface area contributed by atoms with Crippen molar-refractivity contribution in [3.05, 3.63) is 22.8 Å². The van der Waals surface area contributed by atoms with Gasteiger partial charge in [0.05, 0.1) is 22.5 Å². The molecule has 0 radical (unpaired) electrons. The first-order valence-electron chi connectivity index (χ1n) is 12.9. The summed E-state index contributed by atoms with van der Waals surface area (Å²) in [5.74, 6) is -5.86. The molecule has 2 heterocycles. The first-order chi connectivity index (χ1) is 16.7. The number of unbranched alkanes of at least 4 members (excludes halogenated alkanes) is 4. The third-order valence-corrected chi connectivity index (χ3v) is 8.34. The maximum absolute atomic E-state index is 13.2. The Morgan fingerprint density at radius 1 is 1.14 bits per heavy atom. The van der Waals surface area contributed by atoms with Crippen molar-refractivity contribution in [2.75, 3.05) is 7.11 Å². The van der Waals surface area contributed by atoms with Crippen LogP contribution in [0.1, 0.15) is 78.6 Å². The van der Waals surface area contributed by atoms with E-state index in [4.69, 9.17) is 14.2 Å². The van der Waals surface area contributed by atoms with E-state index in [-0.39, 0.29) is 29.8 Å². The zero-order valence-corrected chi connectivity index (χ0v) is 21.1. The average Bonchev–Trinajstić information content (AvgIpc) is 3.20. The molecule has 8 heteroatoms. The molecule has 2 aliphatic heterocycles. The highest BCUT2D eigenvalue weighted by atomic mass is 16.7. The van der Waals surface area contributed by atoms with Gasteiger partial charge in [0.25, 0.3) is 0 Å². The number of esters is 3. The lowest BCUT2D eigenvalue weighted by Gasteiger charge is -2.47. The average molecular weight is 489 g/mol. The molecule has 6 unspecified atom stereocenters. The Labute approximate surface area is 206 Å². The predicted molar refractivity (Wildman–Crippen MR) is 125 cm³/mol. The standard InChI is InChI=1S/C27H36O8/c1-5-7-9-10-11-15-16(22(29)18(28)12-8-6-2)13-19-26(3)14-17-20(24(31)34-23(17)30)21(15)27(19,33-4)35-25(26)32/h13,15-16,21-22,29H,5-12,14H2,1-4H3. The number of fused-ring (bicyclic) bond motifs is 1. The zero-order valence-electron chi connectivity index (χ0n) is 21.1. The lowest BCUT2D eigenvalue weighted by molar-refractivity contribution is -0.219. The highest BCUT2D eigenvalue weighted by Gasteiger charge is 2.71. The fraction of sp³-hybridized carbons (Fsp3) is 0.704. The van der Waals surface area contributed by atoms with Gasteiger partial charge in [-0.2, -0.15) is 0 Å². The number of ketones is 1. The monoisotopic (exact) mass is 488 g/mol. The first kappa shape index (κ1) is 25.8. The fourth-order valence-electron chi connectivity index (χ4n) is 6.48. The van der Waals surface area contributed by atoms with Gasteiger partial charge >= 0.3 is 17.9 Å². The second-order valence-corrected chi connectivity index (χ2v) is 10.5. The highest BCUT2D eigenvalue weighted by Crippen LogP contribution is 2.64. The van der Waals surface area contributed by atoms with E-state index in [0.717, 1.165) is 32.1 Å². The molecule has 4 rings (SSSR count). The Hall–Kier alpha value is -2.32. The Bertz CT molecular complexity index is 993. The zero-order chi connectivity index (χ0) is 25.5. The van der Waals surface area contributed by atoms with E-state index in [1.807, 2.05) is 6.92 Å². The molecule has 35 heavy (non-hydrogen) atoms. The van der Waals surface area contributed by atoms with E-state index in [1.165, 1.54) is 7.11 Å². The molecule has 4 bridgehead atoms. The maximum Gasteiger partial charge on any atom is 0.343 e. The Balaban J connectivity index is 1.89. The minimum atomic E-state index is -1.58. The maximum atomic E-state index is 13.2. The molecule has 0 saturated carbocycles. The van der Waals surface area contributed by atoms with Crippen LogP contribution in [0.2, 0.25) is 0 Å². The summed E-state index contributed by atoms with van der Waals surface area (Å²) in [6, 6.07) is 0. The third kappa shape index (κ3) is 3.89. The molecular formula is C27H36O8. The van der Waals surface area contributed by atoms with Crippen molar-refractivity contribution in [3.63, 3.8) is 0 Å². The SMILES string of the molecule is CCCCCCC1C(C(O)C(=O)CCCC)C=C2C3(C)CC4=C(C(=O)OC4=O)C1C2(OC)OC3=O. The summed E-state index contributed by atoms with van der Waals surface area (Å²) in [6.07, 6.45) is 6.54. The van der Waals surface area contributed by atoms with Crippen LogP contribution in [0, 0.1) is 23.2 Å². The van der Waals surface area contributed by atoms with Crippen LogP contribution in [0.4, 0.5) is 0 Å². The van der Waals surface area contributed by atoms with Crippen LogP contribution in [0.15, 0.2) is 22.8 Å². The number of methoxy groups -OCH3 is 1. The second kappa shape index (κ2) is 9.62. The number of carbonyl (C=O) groups is 4. The molecule has 0 aromatic carbocycles. The van der Waals surface area contributed by atoms with E-state index in [2.05, 4.69) is 6.92 Å². The number of hydrogen-bond acceptors (Lipinski definition) is 8. The van der Waals surface area contributed by atoms with Crippen LogP contribution < -0.4 is 0 Å². The van der Waals surface area contributed by atoms with Gasteiger partial charge in [-0.1, -0.05) is 52.0 Å². The molecule has 6 atom stereocenters. The van der Waals surface area contributed by atoms with Crippen molar-refractivity contribution in [2.24, 2.45) is 23.2 Å². The van der Waals surface area contributed by atoms with Gasteiger partial charge in [-0.15, -0.1) is 0 Å². The number of aliphatic hydroxyl groups is 1. The summed E-state index contributed by atoms with van der Waals surface area (Å²) >= 11 is 0. The first-order valence-corrected chi connectivity index (χ1v) is 12.9. The molecule has 0 spiro atoms. The van der Waals surface area contributed by atoms with Gasteiger partial charge in [-0.05, 0) is 32.1 Å². The van der Waals surface area contributed by atoms with Gasteiger partial charge in [0.15, 0.2) is 5.78 Å². The molecule has 1 fully saturated rings. The molecule has 1 saturated heterocycles. The Morgan fingerprint density at radius 2 is 1.86 bits per heavy atom. The van der Waals surface area contributed by atoms with Crippen LogP contribution in [0.3, 0.4) is 0 Å². The molecule has 4 aliphatic rings. The highest BCUT2D eigenvalue weighted by molar-refractivity contribution is 6.14. The number of hydrogen-bond donors (Lipinski definition) is 1. The van der Waals surface area contributed by atoms with E-state index < -0.39 is 53.0 Å². The van der Waals surface area contributed by atoms with Gasteiger partial charge in [-0.3, -0.25) is 9.59 Å². The summed E-state index contributed by atoms with van der Waals surface area (Å²) < 4.78 is 16.9. The van der Waals surface area contributed by atoms with Crippen LogP contribution in [-0.4, -0.2) is 47.8 Å². The molecule has 192 valence electrons. The molecule has 8 nitrogen and oxygen atoms in total. The van der Waals surface area contributed by atoms with Crippen LogP contribution in [0.25, 0.3) is 0 Å². The summed E-state index contributed by atoms with van der Waals surface area (Å²) in [5, 5.41) is 11.3. The van der Waals surface area contributed by atoms with E-state index in [9.17, 15) is 24.3 Å². The molecule has 0 amide bonds. The number of ether oxygens (including phenoxy) is 3. The van der Waals surface area contributed by atoms with Gasteiger partial charge in [-0.25, -0.2) is 9.59 Å². The van der Waals surface area contributed by atoms with E-state index in [1.54, 1.807) is 13.0 Å². The normalized spacial score (nSPS) is 34.3. The second-order valence-electron chi connectivity index (χ2n) is 10.5. The van der Waals surface area contributed by atoms with Crippen molar-refractivity contribution >= 4 is 23.7 Å². The topological polar surface area (TPSA) is 116 Å². The number of carbonyl (C=O) groups excluding carboxylic acids is 4. The quantitative estimate of drug-likeness (QED) is 0.203. The largest absolute Gasteiger partial charge is 0.428 e. The van der Waals surface area contributed by atoms with Crippen molar-refractivity contribution < 1.29 is 38.5 Å². The van der Waals surface area contributed by atoms with Crippen molar-refractivity contribution in [3.8, 4) is 0 Å². The third-order valence-electron chi connectivity index (χ3n) is 8.34. The number of cyclic esters (lactones) is 2. The lowest BCUT2D eigenvalue weighted by atomic mass is 9.61. The summed E-state index contributed by atoms with van der Waals surface area (Å²) in [4.78, 5) is 51.9. The van der Waals surface area contributed by atoms with Crippen molar-refractivity contribution in [2.45, 2.75) is 90.4 Å². The molecule has 1 N–H and O–H groups in total. The number of rotatable bonds is 11.